The molecule has 1 aromatic heterocycles. The van der Waals surface area contributed by atoms with Gasteiger partial charge in [0, 0.05) is 24.8 Å². The monoisotopic (exact) mass is 288 g/mol. The number of amidine groups is 1. The lowest BCUT2D eigenvalue weighted by molar-refractivity contribution is 0.342. The summed E-state index contributed by atoms with van der Waals surface area (Å²) in [4.78, 5) is 9.79. The zero-order valence-corrected chi connectivity index (χ0v) is 12.3. The molecule has 1 aliphatic heterocycles. The number of oxazole rings is 1. The molecule has 112 valence electrons. The van der Waals surface area contributed by atoms with Crippen LogP contribution in [0.15, 0.2) is 46.3 Å². The molecule has 0 unspecified atom stereocenters. The van der Waals surface area contributed by atoms with Gasteiger partial charge in [0.15, 0.2) is 12.2 Å². The first kappa shape index (κ1) is 14.9. The fourth-order valence-electron chi connectivity index (χ4n) is 1.77. The zero-order chi connectivity index (χ0) is 15.1. The minimum Gasteiger partial charge on any atom is -0.463 e. The smallest absolute Gasteiger partial charge is 0.282 e. The highest BCUT2D eigenvalue weighted by atomic mass is 16.5. The van der Waals surface area contributed by atoms with Crippen molar-refractivity contribution in [3.63, 3.8) is 0 Å². The summed E-state index contributed by atoms with van der Waals surface area (Å²) in [5, 5.41) is 0. The van der Waals surface area contributed by atoms with Crippen LogP contribution < -0.4 is 10.6 Å². The SMILES string of the molecule is CCN(C)c1ccc(-c2cnco2)cc1.NC1=NCCO1. The van der Waals surface area contributed by atoms with Gasteiger partial charge in [0.25, 0.3) is 6.02 Å². The number of aromatic nitrogens is 1. The van der Waals surface area contributed by atoms with E-state index >= 15 is 0 Å². The molecule has 0 saturated heterocycles. The molecule has 1 aromatic carbocycles. The van der Waals surface area contributed by atoms with Crippen molar-refractivity contribution in [2.24, 2.45) is 10.7 Å². The van der Waals surface area contributed by atoms with Gasteiger partial charge in [-0.05, 0) is 31.2 Å². The van der Waals surface area contributed by atoms with Crippen LogP contribution in [0.2, 0.25) is 0 Å². The molecule has 1 aliphatic rings. The summed E-state index contributed by atoms with van der Waals surface area (Å²) in [6, 6.07) is 8.59. The molecule has 2 N–H and O–H groups in total. The van der Waals surface area contributed by atoms with Crippen molar-refractivity contribution in [3.8, 4) is 11.3 Å². The van der Waals surface area contributed by atoms with E-state index in [2.05, 4.69) is 45.7 Å². The molecule has 3 rings (SSSR count). The number of anilines is 1. The number of rotatable bonds is 3. The first-order valence-electron chi connectivity index (χ1n) is 6.83. The Labute approximate surface area is 124 Å². The van der Waals surface area contributed by atoms with Gasteiger partial charge in [-0.1, -0.05) is 0 Å². The van der Waals surface area contributed by atoms with E-state index in [9.17, 15) is 0 Å². The fourth-order valence-corrected chi connectivity index (χ4v) is 1.77. The van der Waals surface area contributed by atoms with E-state index in [-0.39, 0.29) is 0 Å². The van der Waals surface area contributed by atoms with Gasteiger partial charge < -0.3 is 19.8 Å². The van der Waals surface area contributed by atoms with Crippen LogP contribution in [0.1, 0.15) is 6.92 Å². The number of hydrogen-bond donors (Lipinski definition) is 1. The summed E-state index contributed by atoms with van der Waals surface area (Å²) < 4.78 is 9.90. The molecule has 2 aromatic rings. The van der Waals surface area contributed by atoms with Crippen LogP contribution >= 0.6 is 0 Å². The highest BCUT2D eigenvalue weighted by Gasteiger charge is 2.02. The lowest BCUT2D eigenvalue weighted by Gasteiger charge is -2.16. The summed E-state index contributed by atoms with van der Waals surface area (Å²) in [6.45, 7) is 4.52. The Balaban J connectivity index is 0.000000225. The van der Waals surface area contributed by atoms with Crippen molar-refractivity contribution in [2.45, 2.75) is 6.92 Å². The van der Waals surface area contributed by atoms with Gasteiger partial charge >= 0.3 is 0 Å². The first-order chi connectivity index (χ1) is 10.2. The Morgan fingerprint density at radius 1 is 1.29 bits per heavy atom. The minimum absolute atomic E-state index is 0.329. The molecule has 0 spiro atoms. The van der Waals surface area contributed by atoms with Crippen LogP contribution in [-0.4, -0.2) is 37.7 Å². The molecule has 21 heavy (non-hydrogen) atoms. The van der Waals surface area contributed by atoms with E-state index in [0.717, 1.165) is 24.4 Å². The van der Waals surface area contributed by atoms with Gasteiger partial charge in [0.1, 0.15) is 6.61 Å². The molecular weight excluding hydrogens is 268 g/mol. The number of nitrogens with two attached hydrogens (primary N) is 1. The molecule has 0 aliphatic carbocycles. The van der Waals surface area contributed by atoms with Crippen molar-refractivity contribution in [1.82, 2.24) is 4.98 Å². The van der Waals surface area contributed by atoms with E-state index in [0.29, 0.717) is 12.6 Å². The van der Waals surface area contributed by atoms with Crippen LogP contribution in [0.25, 0.3) is 11.3 Å². The second-order valence-corrected chi connectivity index (χ2v) is 4.50. The molecule has 6 heteroatoms. The van der Waals surface area contributed by atoms with Gasteiger partial charge in [0.05, 0.1) is 12.7 Å². The van der Waals surface area contributed by atoms with Crippen molar-refractivity contribution >= 4 is 11.7 Å². The Kier molecular flexibility index (Phi) is 5.20. The average molecular weight is 288 g/mol. The van der Waals surface area contributed by atoms with E-state index in [1.807, 2.05) is 12.1 Å². The maximum absolute atomic E-state index is 5.22. The van der Waals surface area contributed by atoms with Crippen molar-refractivity contribution in [1.29, 1.82) is 0 Å². The number of ether oxygens (including phenoxy) is 1. The van der Waals surface area contributed by atoms with E-state index < -0.39 is 0 Å². The van der Waals surface area contributed by atoms with Crippen LogP contribution in [0, 0.1) is 0 Å². The number of aliphatic imine (C=N–C) groups is 1. The maximum Gasteiger partial charge on any atom is 0.282 e. The second kappa shape index (κ2) is 7.33. The molecule has 6 nitrogen and oxygen atoms in total. The number of nitrogens with zero attached hydrogens (tertiary/aromatic N) is 3. The molecular formula is C15H20N4O2. The van der Waals surface area contributed by atoms with Gasteiger partial charge in [0.2, 0.25) is 0 Å². The van der Waals surface area contributed by atoms with E-state index in [1.54, 1.807) is 6.20 Å². The zero-order valence-electron chi connectivity index (χ0n) is 12.3. The Bertz CT molecular complexity index is 564. The normalized spacial score (nSPS) is 13.0. The predicted molar refractivity (Wildman–Crippen MR) is 83.3 cm³/mol. The van der Waals surface area contributed by atoms with Crippen molar-refractivity contribution in [2.75, 3.05) is 31.6 Å². The molecule has 2 heterocycles. The number of hydrogen-bond acceptors (Lipinski definition) is 6. The maximum atomic E-state index is 5.22. The largest absolute Gasteiger partial charge is 0.463 e. The Morgan fingerprint density at radius 3 is 2.48 bits per heavy atom. The topological polar surface area (TPSA) is 76.9 Å². The molecule has 0 amide bonds. The minimum atomic E-state index is 0.329. The van der Waals surface area contributed by atoms with Crippen LogP contribution in [-0.2, 0) is 4.74 Å². The lowest BCUT2D eigenvalue weighted by Crippen LogP contribution is -2.15. The highest BCUT2D eigenvalue weighted by molar-refractivity contribution is 5.72. The highest BCUT2D eigenvalue weighted by Crippen LogP contribution is 2.21. The van der Waals surface area contributed by atoms with Crippen LogP contribution in [0.3, 0.4) is 0 Å². The van der Waals surface area contributed by atoms with Crippen LogP contribution in [0.5, 0.6) is 0 Å². The Hall–Kier alpha value is -2.50. The summed E-state index contributed by atoms with van der Waals surface area (Å²) >= 11 is 0. The third kappa shape index (κ3) is 4.24. The first-order valence-corrected chi connectivity index (χ1v) is 6.83. The third-order valence-corrected chi connectivity index (χ3v) is 3.11. The summed E-state index contributed by atoms with van der Waals surface area (Å²) in [5.41, 5.74) is 7.33. The molecule has 0 saturated carbocycles. The quantitative estimate of drug-likeness (QED) is 0.936. The van der Waals surface area contributed by atoms with E-state index in [4.69, 9.17) is 10.2 Å². The van der Waals surface area contributed by atoms with E-state index in [1.165, 1.54) is 12.1 Å². The Morgan fingerprint density at radius 2 is 2.05 bits per heavy atom. The average Bonchev–Trinajstić information content (AvgIpc) is 3.20. The van der Waals surface area contributed by atoms with Gasteiger partial charge in [-0.15, -0.1) is 0 Å². The number of benzene rings is 1. The van der Waals surface area contributed by atoms with Gasteiger partial charge in [-0.25, -0.2) is 9.98 Å². The molecule has 0 radical (unpaired) electrons. The lowest BCUT2D eigenvalue weighted by atomic mass is 10.1. The second-order valence-electron chi connectivity index (χ2n) is 4.50. The van der Waals surface area contributed by atoms with Crippen LogP contribution in [0.4, 0.5) is 5.69 Å². The molecule has 0 bridgehead atoms. The summed E-state index contributed by atoms with van der Waals surface area (Å²) in [5.74, 6) is 0.806. The van der Waals surface area contributed by atoms with Crippen molar-refractivity contribution < 1.29 is 9.15 Å². The predicted octanol–water partition coefficient (Wildman–Crippen LogP) is 2.13. The standard InChI is InChI=1S/C12H14N2O.C3H6N2O/c1-3-14(2)11-6-4-10(5-7-11)12-8-13-9-15-12;4-3-5-1-2-6-3/h4-9H,3H2,1-2H3;1-2H2,(H2,4,5). The molecule has 0 atom stereocenters. The van der Waals surface area contributed by atoms with Gasteiger partial charge in [-0.2, -0.15) is 0 Å². The summed E-state index contributed by atoms with van der Waals surface area (Å²) in [6.07, 6.45) is 3.17. The molecule has 0 fully saturated rings. The van der Waals surface area contributed by atoms with Gasteiger partial charge in [-0.3, -0.25) is 0 Å². The third-order valence-electron chi connectivity index (χ3n) is 3.11. The summed E-state index contributed by atoms with van der Waals surface area (Å²) in [7, 11) is 2.07. The van der Waals surface area contributed by atoms with Crippen molar-refractivity contribution in [3.05, 3.63) is 36.9 Å². The fraction of sp³-hybridized carbons (Fsp3) is 0.333.